The molecule has 0 amide bonds. The number of methoxy groups -OCH3 is 1. The highest BCUT2D eigenvalue weighted by atomic mass is 16.5. The maximum absolute atomic E-state index is 5.28. The molecule has 0 saturated carbocycles. The zero-order valence-electron chi connectivity index (χ0n) is 11.5. The Labute approximate surface area is 110 Å². The second-order valence-corrected chi connectivity index (χ2v) is 4.94. The Kier molecular flexibility index (Phi) is 4.88. The summed E-state index contributed by atoms with van der Waals surface area (Å²) in [6.45, 7) is 6.74. The van der Waals surface area contributed by atoms with Crippen LogP contribution in [-0.4, -0.2) is 33.3 Å². The summed E-state index contributed by atoms with van der Waals surface area (Å²) in [5.41, 5.74) is 1.29. The van der Waals surface area contributed by atoms with E-state index < -0.39 is 0 Å². The first-order valence-electron chi connectivity index (χ1n) is 6.93. The van der Waals surface area contributed by atoms with E-state index in [2.05, 4.69) is 35.3 Å². The number of nitrogens with zero attached hydrogens (tertiary/aromatic N) is 1. The van der Waals surface area contributed by atoms with Crippen molar-refractivity contribution in [3.8, 4) is 5.75 Å². The molecular formula is C15H24N2O. The van der Waals surface area contributed by atoms with Gasteiger partial charge >= 0.3 is 0 Å². The highest BCUT2D eigenvalue weighted by Crippen LogP contribution is 2.27. The van der Waals surface area contributed by atoms with Gasteiger partial charge in [0, 0.05) is 24.8 Å². The molecule has 1 fully saturated rings. The lowest BCUT2D eigenvalue weighted by atomic mass is 10.1. The van der Waals surface area contributed by atoms with Crippen LogP contribution >= 0.6 is 0 Å². The summed E-state index contributed by atoms with van der Waals surface area (Å²) in [5, 5.41) is 3.41. The molecule has 2 rings (SSSR count). The number of hydrogen-bond acceptors (Lipinski definition) is 3. The van der Waals surface area contributed by atoms with E-state index in [0.717, 1.165) is 24.8 Å². The first-order chi connectivity index (χ1) is 8.83. The molecule has 0 bridgehead atoms. The molecule has 1 saturated heterocycles. The lowest BCUT2D eigenvalue weighted by Crippen LogP contribution is -2.22. The van der Waals surface area contributed by atoms with Gasteiger partial charge in [0.1, 0.15) is 5.75 Å². The fourth-order valence-electron chi connectivity index (χ4n) is 2.59. The van der Waals surface area contributed by atoms with Crippen molar-refractivity contribution in [2.45, 2.75) is 19.8 Å². The predicted octanol–water partition coefficient (Wildman–Crippen LogP) is 2.52. The van der Waals surface area contributed by atoms with Crippen LogP contribution in [0.5, 0.6) is 5.75 Å². The molecule has 1 aromatic rings. The quantitative estimate of drug-likeness (QED) is 0.783. The van der Waals surface area contributed by atoms with Gasteiger partial charge in [0.15, 0.2) is 0 Å². The minimum atomic E-state index is 0.829. The highest BCUT2D eigenvalue weighted by Gasteiger charge is 2.22. The van der Waals surface area contributed by atoms with Crippen molar-refractivity contribution < 1.29 is 4.74 Å². The van der Waals surface area contributed by atoms with Gasteiger partial charge in [0.25, 0.3) is 0 Å². The number of nitrogens with one attached hydrogen (secondary N) is 1. The minimum absolute atomic E-state index is 0.829. The molecule has 1 aliphatic rings. The third kappa shape index (κ3) is 3.39. The van der Waals surface area contributed by atoms with E-state index in [1.54, 1.807) is 7.11 Å². The maximum atomic E-state index is 5.28. The molecule has 3 heteroatoms. The van der Waals surface area contributed by atoms with Crippen molar-refractivity contribution in [1.29, 1.82) is 0 Å². The van der Waals surface area contributed by atoms with Crippen molar-refractivity contribution in [1.82, 2.24) is 5.32 Å². The van der Waals surface area contributed by atoms with Crippen molar-refractivity contribution in [2.24, 2.45) is 5.92 Å². The lowest BCUT2D eigenvalue weighted by Gasteiger charge is -2.19. The molecule has 3 nitrogen and oxygen atoms in total. The van der Waals surface area contributed by atoms with Crippen molar-refractivity contribution >= 4 is 5.69 Å². The topological polar surface area (TPSA) is 24.5 Å². The largest absolute Gasteiger partial charge is 0.497 e. The Hall–Kier alpha value is -1.22. The first kappa shape index (κ1) is 13.2. The summed E-state index contributed by atoms with van der Waals surface area (Å²) in [6, 6.07) is 8.38. The average Bonchev–Trinajstić information content (AvgIpc) is 2.88. The van der Waals surface area contributed by atoms with E-state index in [9.17, 15) is 0 Å². The third-order valence-electron chi connectivity index (χ3n) is 3.68. The van der Waals surface area contributed by atoms with Gasteiger partial charge in [-0.25, -0.2) is 0 Å². The summed E-state index contributed by atoms with van der Waals surface area (Å²) in [7, 11) is 1.72. The second kappa shape index (κ2) is 6.64. The van der Waals surface area contributed by atoms with Gasteiger partial charge in [-0.3, -0.25) is 0 Å². The van der Waals surface area contributed by atoms with Crippen LogP contribution in [0.1, 0.15) is 19.8 Å². The van der Waals surface area contributed by atoms with Gasteiger partial charge in [-0.2, -0.15) is 0 Å². The normalized spacial score (nSPS) is 19.2. The average molecular weight is 248 g/mol. The summed E-state index contributed by atoms with van der Waals surface area (Å²) in [6.07, 6.45) is 2.59. The number of hydrogen-bond donors (Lipinski definition) is 1. The molecule has 0 radical (unpaired) electrons. The SMILES string of the molecule is CCNCCC1CCN(c2cccc(OC)c2)C1. The van der Waals surface area contributed by atoms with Gasteiger partial charge in [-0.05, 0) is 44.0 Å². The first-order valence-corrected chi connectivity index (χ1v) is 6.93. The van der Waals surface area contributed by atoms with Crippen LogP contribution in [0.15, 0.2) is 24.3 Å². The fourth-order valence-corrected chi connectivity index (χ4v) is 2.59. The number of anilines is 1. The number of benzene rings is 1. The van der Waals surface area contributed by atoms with Crippen LogP contribution in [0.2, 0.25) is 0 Å². The van der Waals surface area contributed by atoms with E-state index in [1.165, 1.54) is 31.6 Å². The second-order valence-electron chi connectivity index (χ2n) is 4.94. The smallest absolute Gasteiger partial charge is 0.120 e. The molecule has 100 valence electrons. The fraction of sp³-hybridized carbons (Fsp3) is 0.600. The van der Waals surface area contributed by atoms with Crippen LogP contribution in [-0.2, 0) is 0 Å². The summed E-state index contributed by atoms with van der Waals surface area (Å²) in [4.78, 5) is 2.47. The van der Waals surface area contributed by atoms with Crippen molar-refractivity contribution in [3.05, 3.63) is 24.3 Å². The standard InChI is InChI=1S/C15H24N2O/c1-3-16-9-7-13-8-10-17(12-13)14-5-4-6-15(11-14)18-2/h4-6,11,13,16H,3,7-10,12H2,1-2H3. The van der Waals surface area contributed by atoms with Gasteiger partial charge < -0.3 is 15.0 Å². The molecule has 0 aromatic heterocycles. The zero-order valence-corrected chi connectivity index (χ0v) is 11.5. The molecule has 1 aliphatic heterocycles. The molecule has 1 heterocycles. The molecule has 0 aliphatic carbocycles. The monoisotopic (exact) mass is 248 g/mol. The Morgan fingerprint density at radius 1 is 1.44 bits per heavy atom. The molecule has 0 spiro atoms. The number of ether oxygens (including phenoxy) is 1. The number of rotatable bonds is 6. The summed E-state index contributed by atoms with van der Waals surface area (Å²) < 4.78 is 5.28. The molecule has 1 unspecified atom stereocenters. The molecule has 1 aromatic carbocycles. The van der Waals surface area contributed by atoms with E-state index in [0.29, 0.717) is 0 Å². The maximum Gasteiger partial charge on any atom is 0.120 e. The molecule has 18 heavy (non-hydrogen) atoms. The summed E-state index contributed by atoms with van der Waals surface area (Å²) >= 11 is 0. The highest BCUT2D eigenvalue weighted by molar-refractivity contribution is 5.51. The van der Waals surface area contributed by atoms with Crippen molar-refractivity contribution in [3.63, 3.8) is 0 Å². The van der Waals surface area contributed by atoms with Crippen LogP contribution < -0.4 is 15.0 Å². The van der Waals surface area contributed by atoms with Gasteiger partial charge in [0.05, 0.1) is 7.11 Å². The summed E-state index contributed by atoms with van der Waals surface area (Å²) in [5.74, 6) is 1.78. The molecule has 1 atom stereocenters. The zero-order chi connectivity index (χ0) is 12.8. The Morgan fingerprint density at radius 2 is 2.33 bits per heavy atom. The van der Waals surface area contributed by atoms with Crippen LogP contribution in [0, 0.1) is 5.92 Å². The van der Waals surface area contributed by atoms with E-state index in [1.807, 2.05) is 6.07 Å². The van der Waals surface area contributed by atoms with E-state index >= 15 is 0 Å². The Balaban J connectivity index is 1.87. The van der Waals surface area contributed by atoms with E-state index in [-0.39, 0.29) is 0 Å². The van der Waals surface area contributed by atoms with Crippen molar-refractivity contribution in [2.75, 3.05) is 38.2 Å². The minimum Gasteiger partial charge on any atom is -0.497 e. The molecular weight excluding hydrogens is 224 g/mol. The van der Waals surface area contributed by atoms with Crippen LogP contribution in [0.4, 0.5) is 5.69 Å². The Bertz CT molecular complexity index is 367. The van der Waals surface area contributed by atoms with Crippen LogP contribution in [0.25, 0.3) is 0 Å². The predicted molar refractivity (Wildman–Crippen MR) is 76.5 cm³/mol. The van der Waals surface area contributed by atoms with Gasteiger partial charge in [-0.15, -0.1) is 0 Å². The third-order valence-corrected chi connectivity index (χ3v) is 3.68. The Morgan fingerprint density at radius 3 is 3.11 bits per heavy atom. The van der Waals surface area contributed by atoms with Gasteiger partial charge in [0.2, 0.25) is 0 Å². The molecule has 1 N–H and O–H groups in total. The lowest BCUT2D eigenvalue weighted by molar-refractivity contribution is 0.415. The van der Waals surface area contributed by atoms with Crippen LogP contribution in [0.3, 0.4) is 0 Å². The van der Waals surface area contributed by atoms with Gasteiger partial charge in [-0.1, -0.05) is 13.0 Å². The van der Waals surface area contributed by atoms with E-state index in [4.69, 9.17) is 4.74 Å².